The fraction of sp³-hybridized carbons (Fsp3) is 0. The predicted molar refractivity (Wildman–Crippen MR) is 73.9 cm³/mol. The van der Waals surface area contributed by atoms with E-state index < -0.39 is 10.0 Å². The summed E-state index contributed by atoms with van der Waals surface area (Å²) >= 11 is 3.25. The van der Waals surface area contributed by atoms with E-state index in [0.717, 1.165) is 0 Å². The maximum absolute atomic E-state index is 12.2. The van der Waals surface area contributed by atoms with Gasteiger partial charge in [-0.2, -0.15) is 5.26 Å². The molecule has 0 saturated heterocycles. The Kier molecular flexibility index (Phi) is 3.83. The van der Waals surface area contributed by atoms with E-state index in [-0.39, 0.29) is 10.6 Å². The van der Waals surface area contributed by atoms with Crippen molar-refractivity contribution < 1.29 is 8.42 Å². The molecular formula is C12H8BrN3O2S. The van der Waals surface area contributed by atoms with E-state index >= 15 is 0 Å². The van der Waals surface area contributed by atoms with E-state index in [1.807, 2.05) is 0 Å². The topological polar surface area (TPSA) is 82.8 Å². The molecule has 2 aromatic rings. The Balaban J connectivity index is 2.45. The number of sulfonamides is 1. The number of halogens is 1. The first kappa shape index (κ1) is 13.5. The van der Waals surface area contributed by atoms with Crippen molar-refractivity contribution in [2.75, 3.05) is 4.72 Å². The second kappa shape index (κ2) is 5.38. The quantitative estimate of drug-likeness (QED) is 0.932. The molecule has 0 saturated carbocycles. The zero-order valence-corrected chi connectivity index (χ0v) is 11.9. The molecule has 0 radical (unpaired) electrons. The third kappa shape index (κ3) is 2.92. The number of rotatable bonds is 3. The number of para-hydroxylation sites is 1. The minimum Gasteiger partial charge on any atom is -0.278 e. The molecular weight excluding hydrogens is 330 g/mol. The van der Waals surface area contributed by atoms with Crippen LogP contribution < -0.4 is 4.72 Å². The van der Waals surface area contributed by atoms with Crippen molar-refractivity contribution >= 4 is 31.6 Å². The summed E-state index contributed by atoms with van der Waals surface area (Å²) in [6.45, 7) is 0. The van der Waals surface area contributed by atoms with E-state index in [2.05, 4.69) is 25.6 Å². The number of nitrogens with zero attached hydrogens (tertiary/aromatic N) is 2. The predicted octanol–water partition coefficient (Wildman–Crippen LogP) is 2.52. The molecule has 96 valence electrons. The monoisotopic (exact) mass is 337 g/mol. The molecule has 1 aromatic heterocycles. The first-order valence-corrected chi connectivity index (χ1v) is 7.44. The summed E-state index contributed by atoms with van der Waals surface area (Å²) in [4.78, 5) is 3.59. The van der Waals surface area contributed by atoms with Crippen LogP contribution in [0.3, 0.4) is 0 Å². The molecule has 7 heteroatoms. The minimum absolute atomic E-state index is 0.137. The average molecular weight is 338 g/mol. The van der Waals surface area contributed by atoms with Gasteiger partial charge in [-0.15, -0.1) is 0 Å². The van der Waals surface area contributed by atoms with Crippen LogP contribution in [0.15, 0.2) is 52.0 Å². The van der Waals surface area contributed by atoms with E-state index in [0.29, 0.717) is 10.2 Å². The lowest BCUT2D eigenvalue weighted by atomic mass is 10.3. The van der Waals surface area contributed by atoms with Gasteiger partial charge in [-0.1, -0.05) is 12.1 Å². The van der Waals surface area contributed by atoms with Gasteiger partial charge in [0.2, 0.25) is 0 Å². The van der Waals surface area contributed by atoms with Crippen molar-refractivity contribution in [2.45, 2.75) is 4.90 Å². The Morgan fingerprint density at radius 2 is 1.95 bits per heavy atom. The lowest BCUT2D eigenvalue weighted by Gasteiger charge is -2.09. The highest BCUT2D eigenvalue weighted by molar-refractivity contribution is 9.10. The first-order chi connectivity index (χ1) is 9.04. The molecule has 0 atom stereocenters. The summed E-state index contributed by atoms with van der Waals surface area (Å²) in [6.07, 6.45) is 1.37. The van der Waals surface area contributed by atoms with Gasteiger partial charge >= 0.3 is 0 Å². The number of hydrogen-bond acceptors (Lipinski definition) is 4. The van der Waals surface area contributed by atoms with Crippen molar-refractivity contribution in [3.8, 4) is 6.07 Å². The number of nitrogens with one attached hydrogen (secondary N) is 1. The number of benzene rings is 1. The molecule has 0 fully saturated rings. The zero-order chi connectivity index (χ0) is 13.9. The Morgan fingerprint density at radius 3 is 2.63 bits per heavy atom. The van der Waals surface area contributed by atoms with Crippen LogP contribution in [-0.4, -0.2) is 13.4 Å². The van der Waals surface area contributed by atoms with Gasteiger partial charge in [0, 0.05) is 10.7 Å². The lowest BCUT2D eigenvalue weighted by Crippen LogP contribution is -2.15. The Hall–Kier alpha value is -1.91. The number of anilines is 1. The highest BCUT2D eigenvalue weighted by Crippen LogP contribution is 2.24. The molecule has 5 nitrogen and oxygen atoms in total. The van der Waals surface area contributed by atoms with Crippen LogP contribution in [0, 0.1) is 11.3 Å². The van der Waals surface area contributed by atoms with Crippen LogP contribution >= 0.6 is 15.9 Å². The van der Waals surface area contributed by atoms with E-state index in [1.54, 1.807) is 30.3 Å². The molecule has 2 rings (SSSR count). The van der Waals surface area contributed by atoms with Crippen molar-refractivity contribution in [1.82, 2.24) is 4.98 Å². The maximum Gasteiger partial charge on any atom is 0.264 e. The van der Waals surface area contributed by atoms with Crippen molar-refractivity contribution in [2.24, 2.45) is 0 Å². The lowest BCUT2D eigenvalue weighted by molar-refractivity contribution is 0.600. The number of aromatic nitrogens is 1. The molecule has 0 aliphatic carbocycles. The second-order valence-electron chi connectivity index (χ2n) is 3.55. The molecule has 0 amide bonds. The molecule has 1 heterocycles. The summed E-state index contributed by atoms with van der Waals surface area (Å²) in [5, 5.41) is 8.89. The zero-order valence-electron chi connectivity index (χ0n) is 9.54. The Bertz CT molecular complexity index is 754. The van der Waals surface area contributed by atoms with E-state index in [1.165, 1.54) is 18.3 Å². The largest absolute Gasteiger partial charge is 0.278 e. The van der Waals surface area contributed by atoms with Crippen molar-refractivity contribution in [3.05, 3.63) is 52.8 Å². The van der Waals surface area contributed by atoms with Crippen molar-refractivity contribution in [3.63, 3.8) is 0 Å². The van der Waals surface area contributed by atoms with Crippen LogP contribution in [0.1, 0.15) is 5.69 Å². The molecule has 0 bridgehead atoms. The summed E-state index contributed by atoms with van der Waals surface area (Å²) < 4.78 is 27.4. The summed E-state index contributed by atoms with van der Waals surface area (Å²) in [5.41, 5.74) is 0.261. The fourth-order valence-electron chi connectivity index (χ4n) is 1.44. The van der Waals surface area contributed by atoms with Gasteiger partial charge in [0.25, 0.3) is 10.0 Å². The van der Waals surface area contributed by atoms with E-state index in [9.17, 15) is 8.42 Å². The summed E-state index contributed by atoms with van der Waals surface area (Å²) in [5.74, 6) is 0. The van der Waals surface area contributed by atoms with Crippen LogP contribution in [0.4, 0.5) is 5.69 Å². The third-order valence-corrected chi connectivity index (χ3v) is 4.37. The van der Waals surface area contributed by atoms with Gasteiger partial charge in [0.1, 0.15) is 11.0 Å². The van der Waals surface area contributed by atoms with Gasteiger partial charge in [0.15, 0.2) is 5.69 Å². The molecule has 0 unspecified atom stereocenters. The highest BCUT2D eigenvalue weighted by atomic mass is 79.9. The van der Waals surface area contributed by atoms with Crippen LogP contribution in [0.25, 0.3) is 0 Å². The average Bonchev–Trinajstić information content (AvgIpc) is 2.41. The number of hydrogen-bond donors (Lipinski definition) is 1. The summed E-state index contributed by atoms with van der Waals surface area (Å²) in [7, 11) is -3.84. The van der Waals surface area contributed by atoms with E-state index in [4.69, 9.17) is 5.26 Å². The number of nitriles is 1. The van der Waals surface area contributed by atoms with Crippen LogP contribution in [0.5, 0.6) is 0 Å². The van der Waals surface area contributed by atoms with Gasteiger partial charge in [-0.3, -0.25) is 4.72 Å². The van der Waals surface area contributed by atoms with Gasteiger partial charge in [0.05, 0.1) is 5.69 Å². The normalized spacial score (nSPS) is 10.7. The third-order valence-electron chi connectivity index (χ3n) is 2.28. The molecule has 0 spiro atoms. The first-order valence-electron chi connectivity index (χ1n) is 5.17. The Morgan fingerprint density at radius 1 is 1.21 bits per heavy atom. The van der Waals surface area contributed by atoms with Gasteiger partial charge in [-0.25, -0.2) is 13.4 Å². The molecule has 0 aliphatic rings. The smallest absolute Gasteiger partial charge is 0.264 e. The van der Waals surface area contributed by atoms with Crippen molar-refractivity contribution in [1.29, 1.82) is 5.26 Å². The van der Waals surface area contributed by atoms with Gasteiger partial charge in [-0.05, 0) is 40.2 Å². The van der Waals surface area contributed by atoms with Crippen LogP contribution in [-0.2, 0) is 10.0 Å². The fourth-order valence-corrected chi connectivity index (χ4v) is 3.14. The standard InChI is InChI=1S/C12H8BrN3O2S/c13-9-4-1-2-5-10(9)16-19(17,18)12-6-3-7-15-11(12)8-14/h1-7,16H. The highest BCUT2D eigenvalue weighted by Gasteiger charge is 2.20. The van der Waals surface area contributed by atoms with Gasteiger partial charge < -0.3 is 0 Å². The minimum atomic E-state index is -3.84. The molecule has 1 N–H and O–H groups in total. The SMILES string of the molecule is N#Cc1ncccc1S(=O)(=O)Nc1ccccc1Br. The second-order valence-corrected chi connectivity index (χ2v) is 6.05. The summed E-state index contributed by atoms with van der Waals surface area (Å²) in [6, 6.07) is 11.4. The maximum atomic E-state index is 12.2. The Labute approximate surface area is 119 Å². The van der Waals surface area contributed by atoms with Crippen LogP contribution in [0.2, 0.25) is 0 Å². The molecule has 19 heavy (non-hydrogen) atoms. The molecule has 0 aliphatic heterocycles. The number of pyridine rings is 1. The molecule has 1 aromatic carbocycles.